The first-order chi connectivity index (χ1) is 16.2. The zero-order valence-electron chi connectivity index (χ0n) is 24.4. The Labute approximate surface area is 217 Å². The standard InChI is InChI=1S/C21H30ClNO.C3H8O.2C2H6.CH5N/c1-7-15(3)20(16-9-11-17(22)12-10-16)18(14-23-6)19(24)13-21(4,5)8-2;1-3-4-2;3*1-2/h7,9-12,14,20,23H,8,13H2,1-6H3;3H2,1-2H3;2*1-2H3;2H2,1H3/b15-7+,18-14-;;;;. The molecule has 5 heteroatoms. The van der Waals surface area contributed by atoms with Gasteiger partial charge in [0.25, 0.3) is 0 Å². The normalized spacial score (nSPS) is 11.6. The Morgan fingerprint density at radius 1 is 1.12 bits per heavy atom. The zero-order chi connectivity index (χ0) is 27.7. The summed E-state index contributed by atoms with van der Waals surface area (Å²) in [7, 11) is 5.02. The number of halogens is 1. The van der Waals surface area contributed by atoms with Crippen LogP contribution in [-0.2, 0) is 9.53 Å². The molecule has 1 rings (SSSR count). The van der Waals surface area contributed by atoms with E-state index in [1.54, 1.807) is 7.11 Å². The van der Waals surface area contributed by atoms with E-state index in [0.717, 1.165) is 29.7 Å². The molecule has 0 aliphatic carbocycles. The molecule has 1 aromatic rings. The summed E-state index contributed by atoms with van der Waals surface area (Å²) in [6.07, 6.45) is 5.43. The van der Waals surface area contributed by atoms with Gasteiger partial charge >= 0.3 is 0 Å². The smallest absolute Gasteiger partial charge is 0.161 e. The second-order valence-corrected chi connectivity index (χ2v) is 8.04. The second-order valence-electron chi connectivity index (χ2n) is 7.60. The number of carbonyl (C=O) groups is 1. The van der Waals surface area contributed by atoms with Crippen LogP contribution in [0.2, 0.25) is 5.02 Å². The summed E-state index contributed by atoms with van der Waals surface area (Å²) in [5.41, 5.74) is 7.54. The van der Waals surface area contributed by atoms with Gasteiger partial charge in [-0.2, -0.15) is 0 Å². The molecular formula is C29H55ClN2O2. The van der Waals surface area contributed by atoms with E-state index in [9.17, 15) is 4.79 Å². The molecule has 0 heterocycles. The van der Waals surface area contributed by atoms with Crippen LogP contribution in [0, 0.1) is 5.41 Å². The molecule has 1 unspecified atom stereocenters. The van der Waals surface area contributed by atoms with Crippen molar-refractivity contribution in [3.05, 3.63) is 58.3 Å². The van der Waals surface area contributed by atoms with Crippen LogP contribution in [0.1, 0.15) is 93.6 Å². The first-order valence-electron chi connectivity index (χ1n) is 12.5. The van der Waals surface area contributed by atoms with Crippen LogP contribution in [0.3, 0.4) is 0 Å². The van der Waals surface area contributed by atoms with Gasteiger partial charge in [-0.3, -0.25) is 4.79 Å². The topological polar surface area (TPSA) is 64.3 Å². The number of hydrogen-bond donors (Lipinski definition) is 2. The maximum Gasteiger partial charge on any atom is 0.161 e. The molecule has 0 fully saturated rings. The molecular weight excluding hydrogens is 444 g/mol. The minimum atomic E-state index is -0.0557. The van der Waals surface area contributed by atoms with Crippen molar-refractivity contribution in [1.82, 2.24) is 5.32 Å². The summed E-state index contributed by atoms with van der Waals surface area (Å²) in [4.78, 5) is 13.0. The van der Waals surface area contributed by atoms with E-state index in [1.165, 1.54) is 7.05 Å². The second kappa shape index (κ2) is 26.0. The minimum absolute atomic E-state index is 0.00169. The number of rotatable bonds is 9. The molecule has 200 valence electrons. The van der Waals surface area contributed by atoms with E-state index in [-0.39, 0.29) is 17.1 Å². The maximum absolute atomic E-state index is 13.0. The summed E-state index contributed by atoms with van der Waals surface area (Å²) in [5.74, 6) is 0.136. The van der Waals surface area contributed by atoms with Crippen molar-refractivity contribution in [1.29, 1.82) is 0 Å². The van der Waals surface area contributed by atoms with Crippen molar-refractivity contribution in [3.8, 4) is 0 Å². The number of benzene rings is 1. The van der Waals surface area contributed by atoms with Crippen molar-refractivity contribution < 1.29 is 9.53 Å². The molecule has 0 amide bonds. The van der Waals surface area contributed by atoms with Gasteiger partial charge in [-0.25, -0.2) is 0 Å². The van der Waals surface area contributed by atoms with E-state index in [2.05, 4.69) is 49.6 Å². The van der Waals surface area contributed by atoms with Gasteiger partial charge in [-0.15, -0.1) is 0 Å². The number of carbonyl (C=O) groups excluding carboxylic acids is 1. The third kappa shape index (κ3) is 17.8. The zero-order valence-corrected chi connectivity index (χ0v) is 25.2. The fourth-order valence-corrected chi connectivity index (χ4v) is 2.78. The third-order valence-electron chi connectivity index (χ3n) is 4.93. The molecule has 0 aromatic heterocycles. The van der Waals surface area contributed by atoms with Crippen LogP contribution in [0.4, 0.5) is 0 Å². The molecule has 1 atom stereocenters. The fourth-order valence-electron chi connectivity index (χ4n) is 2.65. The Kier molecular flexibility index (Phi) is 30.3. The molecule has 3 N–H and O–H groups in total. The molecule has 0 saturated carbocycles. The highest BCUT2D eigenvalue weighted by Gasteiger charge is 2.28. The van der Waals surface area contributed by atoms with E-state index < -0.39 is 0 Å². The number of methoxy groups -OCH3 is 1. The highest BCUT2D eigenvalue weighted by molar-refractivity contribution is 6.30. The van der Waals surface area contributed by atoms with Crippen molar-refractivity contribution >= 4 is 17.4 Å². The lowest BCUT2D eigenvalue weighted by Gasteiger charge is -2.26. The number of ether oxygens (including phenoxy) is 1. The predicted molar refractivity (Wildman–Crippen MR) is 155 cm³/mol. The molecule has 4 nitrogen and oxygen atoms in total. The molecule has 0 bridgehead atoms. The van der Waals surface area contributed by atoms with Gasteiger partial charge in [0.1, 0.15) is 0 Å². The summed E-state index contributed by atoms with van der Waals surface area (Å²) in [6.45, 7) is 21.3. The van der Waals surface area contributed by atoms with Crippen LogP contribution in [-0.4, -0.2) is 33.6 Å². The highest BCUT2D eigenvalue weighted by atomic mass is 35.5. The molecule has 0 spiro atoms. The molecule has 0 aliphatic rings. The SMILES string of the molecule is C/C=C(\C)C(/C(=C\NC)C(=O)CC(C)(C)CC)c1ccc(Cl)cc1.CC.CC.CCOC.CN. The van der Waals surface area contributed by atoms with Gasteiger partial charge in [0.05, 0.1) is 0 Å². The molecule has 34 heavy (non-hydrogen) atoms. The van der Waals surface area contributed by atoms with Gasteiger partial charge in [0, 0.05) is 49.9 Å². The predicted octanol–water partition coefficient (Wildman–Crippen LogP) is 8.17. The van der Waals surface area contributed by atoms with Gasteiger partial charge in [0.2, 0.25) is 0 Å². The number of nitrogens with two attached hydrogens (primary N) is 1. The number of ketones is 1. The summed E-state index contributed by atoms with van der Waals surface area (Å²) in [6, 6.07) is 7.76. The van der Waals surface area contributed by atoms with Crippen molar-refractivity contribution in [2.75, 3.05) is 27.8 Å². The molecule has 0 radical (unpaired) electrons. The Balaban J connectivity index is -0.000000389. The largest absolute Gasteiger partial charge is 0.394 e. The highest BCUT2D eigenvalue weighted by Crippen LogP contribution is 2.36. The number of Topliss-reactive ketones (excluding diaryl/α,β-unsaturated/α-hetero) is 1. The van der Waals surface area contributed by atoms with Crippen LogP contribution < -0.4 is 11.1 Å². The van der Waals surface area contributed by atoms with Crippen LogP contribution in [0.5, 0.6) is 0 Å². The fraction of sp³-hybridized carbons (Fsp3) is 0.621. The average molecular weight is 499 g/mol. The van der Waals surface area contributed by atoms with Crippen molar-refractivity contribution in [2.45, 2.75) is 88.0 Å². The molecule has 0 aliphatic heterocycles. The van der Waals surface area contributed by atoms with E-state index in [1.807, 2.05) is 79.1 Å². The number of hydrogen-bond acceptors (Lipinski definition) is 4. The maximum atomic E-state index is 13.0. The lowest BCUT2D eigenvalue weighted by atomic mass is 9.77. The number of nitrogens with one attached hydrogen (secondary N) is 1. The van der Waals surface area contributed by atoms with Gasteiger partial charge in [-0.1, -0.05) is 90.3 Å². The van der Waals surface area contributed by atoms with Crippen molar-refractivity contribution in [3.63, 3.8) is 0 Å². The summed E-state index contributed by atoms with van der Waals surface area (Å²) in [5, 5.41) is 3.76. The first kappa shape index (κ1) is 39.6. The summed E-state index contributed by atoms with van der Waals surface area (Å²) < 4.78 is 4.54. The monoisotopic (exact) mass is 498 g/mol. The van der Waals surface area contributed by atoms with Gasteiger partial charge in [-0.05, 0) is 50.9 Å². The van der Waals surface area contributed by atoms with Crippen LogP contribution in [0.25, 0.3) is 0 Å². The lowest BCUT2D eigenvalue weighted by molar-refractivity contribution is -0.117. The van der Waals surface area contributed by atoms with Crippen LogP contribution in [0.15, 0.2) is 47.7 Å². The Hall–Kier alpha value is -1.62. The average Bonchev–Trinajstić information content (AvgIpc) is 2.88. The van der Waals surface area contributed by atoms with Gasteiger partial charge in [0.15, 0.2) is 5.78 Å². The van der Waals surface area contributed by atoms with E-state index >= 15 is 0 Å². The van der Waals surface area contributed by atoms with Crippen LogP contribution >= 0.6 is 11.6 Å². The number of allylic oxidation sites excluding steroid dienone is 3. The van der Waals surface area contributed by atoms with E-state index in [0.29, 0.717) is 11.4 Å². The third-order valence-corrected chi connectivity index (χ3v) is 5.18. The van der Waals surface area contributed by atoms with Crippen molar-refractivity contribution in [2.24, 2.45) is 11.1 Å². The Bertz CT molecular complexity index is 649. The molecule has 1 aromatic carbocycles. The Morgan fingerprint density at radius 3 is 1.88 bits per heavy atom. The van der Waals surface area contributed by atoms with Gasteiger partial charge < -0.3 is 15.8 Å². The molecule has 0 saturated heterocycles. The minimum Gasteiger partial charge on any atom is -0.394 e. The quantitative estimate of drug-likeness (QED) is 0.266. The summed E-state index contributed by atoms with van der Waals surface area (Å²) >= 11 is 6.03. The Morgan fingerprint density at radius 2 is 1.56 bits per heavy atom. The lowest BCUT2D eigenvalue weighted by Crippen LogP contribution is -2.22. The first-order valence-corrected chi connectivity index (χ1v) is 12.9. The van der Waals surface area contributed by atoms with E-state index in [4.69, 9.17) is 11.6 Å².